The molecule has 2 rings (SSSR count). The molecule has 0 bridgehead atoms. The van der Waals surface area contributed by atoms with Crippen molar-refractivity contribution in [3.63, 3.8) is 0 Å². The number of furan rings is 2. The minimum absolute atomic E-state index is 0.0601. The molecule has 0 atom stereocenters. The van der Waals surface area contributed by atoms with Crippen LogP contribution in [0.2, 0.25) is 0 Å². The first-order chi connectivity index (χ1) is 8.82. The summed E-state index contributed by atoms with van der Waals surface area (Å²) in [5.74, 6) is 1.12. The third-order valence-corrected chi connectivity index (χ3v) is 3.20. The lowest BCUT2D eigenvalue weighted by atomic mass is 9.87. The zero-order valence-corrected chi connectivity index (χ0v) is 11.7. The average molecular weight is 301 g/mol. The van der Waals surface area contributed by atoms with Crippen molar-refractivity contribution in [3.05, 3.63) is 47.3 Å². The van der Waals surface area contributed by atoms with Gasteiger partial charge in [-0.25, -0.2) is 0 Å². The monoisotopic (exact) mass is 300 g/mol. The molecule has 19 heavy (non-hydrogen) atoms. The van der Waals surface area contributed by atoms with E-state index in [1.807, 2.05) is 13.8 Å². The first-order valence-corrected chi connectivity index (χ1v) is 6.18. The van der Waals surface area contributed by atoms with E-state index in [9.17, 15) is 9.59 Å². The number of carbonyl (C=O) groups excluding carboxylic acids is 2. The Hall–Kier alpha value is -1.52. The molecule has 2 heterocycles. The third-order valence-electron chi connectivity index (χ3n) is 2.83. The van der Waals surface area contributed by atoms with Gasteiger partial charge in [-0.3, -0.25) is 9.59 Å². The summed E-state index contributed by atoms with van der Waals surface area (Å²) in [7, 11) is 0. The van der Waals surface area contributed by atoms with Gasteiger partial charge in [-0.2, -0.15) is 0 Å². The lowest BCUT2D eigenvalue weighted by Gasteiger charge is -2.18. The fraction of sp³-hybridized carbons (Fsp3) is 0.231. The highest BCUT2D eigenvalue weighted by molar-refractivity contribution is 6.67. The Balaban J connectivity index is 2.39. The van der Waals surface area contributed by atoms with Crippen LogP contribution in [0.3, 0.4) is 0 Å². The molecule has 0 radical (unpaired) electrons. The molecule has 0 N–H and O–H groups in total. The summed E-state index contributed by atoms with van der Waals surface area (Å²) in [4.78, 5) is 22.0. The van der Waals surface area contributed by atoms with Gasteiger partial charge in [0, 0.05) is 0 Å². The van der Waals surface area contributed by atoms with Crippen LogP contribution >= 0.6 is 23.2 Å². The van der Waals surface area contributed by atoms with Gasteiger partial charge in [-0.1, -0.05) is 0 Å². The van der Waals surface area contributed by atoms with E-state index in [0.717, 1.165) is 0 Å². The highest BCUT2D eigenvalue weighted by Crippen LogP contribution is 2.34. The summed E-state index contributed by atoms with van der Waals surface area (Å²) in [6, 6.07) is 6.26. The third kappa shape index (κ3) is 2.60. The van der Waals surface area contributed by atoms with Gasteiger partial charge in [-0.05, 0) is 61.3 Å². The van der Waals surface area contributed by atoms with Crippen LogP contribution in [0.1, 0.15) is 46.5 Å². The topological polar surface area (TPSA) is 60.4 Å². The van der Waals surface area contributed by atoms with Crippen molar-refractivity contribution in [2.45, 2.75) is 19.3 Å². The van der Waals surface area contributed by atoms with E-state index in [2.05, 4.69) is 0 Å². The van der Waals surface area contributed by atoms with Crippen molar-refractivity contribution >= 4 is 33.7 Å². The standard InChI is InChI=1S/C13H10Cl2O4/c1-13(2,9-5-3-7(18-9)11(14)16)10-6-4-8(19-10)12(15)17/h3-6H,1-2H3. The van der Waals surface area contributed by atoms with E-state index >= 15 is 0 Å². The Bertz CT molecular complexity index is 582. The Morgan fingerprint density at radius 2 is 1.26 bits per heavy atom. The van der Waals surface area contributed by atoms with E-state index in [4.69, 9.17) is 32.0 Å². The van der Waals surface area contributed by atoms with Crippen molar-refractivity contribution in [2.75, 3.05) is 0 Å². The fourth-order valence-corrected chi connectivity index (χ4v) is 1.88. The summed E-state index contributed by atoms with van der Waals surface area (Å²) >= 11 is 10.7. The van der Waals surface area contributed by atoms with Gasteiger partial charge in [0.05, 0.1) is 5.41 Å². The summed E-state index contributed by atoms with van der Waals surface area (Å²) in [5, 5.41) is -1.34. The van der Waals surface area contributed by atoms with Crippen molar-refractivity contribution in [2.24, 2.45) is 0 Å². The molecule has 0 saturated heterocycles. The second-order valence-corrected chi connectivity index (χ2v) is 5.19. The van der Waals surface area contributed by atoms with E-state index < -0.39 is 15.9 Å². The highest BCUT2D eigenvalue weighted by atomic mass is 35.5. The van der Waals surface area contributed by atoms with Crippen molar-refractivity contribution in [1.29, 1.82) is 0 Å². The molecule has 0 fully saturated rings. The molecule has 0 aliphatic rings. The van der Waals surface area contributed by atoms with Crippen LogP contribution in [0.15, 0.2) is 33.1 Å². The molecule has 0 aromatic carbocycles. The highest BCUT2D eigenvalue weighted by Gasteiger charge is 2.31. The molecule has 0 spiro atoms. The first-order valence-electron chi connectivity index (χ1n) is 5.42. The van der Waals surface area contributed by atoms with Crippen LogP contribution in [0, 0.1) is 0 Å². The van der Waals surface area contributed by atoms with Crippen LogP contribution < -0.4 is 0 Å². The fourth-order valence-electron chi connectivity index (χ4n) is 1.68. The summed E-state index contributed by atoms with van der Waals surface area (Å²) in [6.07, 6.45) is 0. The molecule has 0 aliphatic heterocycles. The van der Waals surface area contributed by atoms with Crippen LogP contribution in [-0.2, 0) is 5.41 Å². The van der Waals surface area contributed by atoms with Crippen LogP contribution in [0.5, 0.6) is 0 Å². The van der Waals surface area contributed by atoms with Gasteiger partial charge in [0.1, 0.15) is 11.5 Å². The van der Waals surface area contributed by atoms with Crippen molar-refractivity contribution in [1.82, 2.24) is 0 Å². The Kier molecular flexibility index (Phi) is 3.56. The Labute approximate surface area is 119 Å². The van der Waals surface area contributed by atoms with Gasteiger partial charge >= 0.3 is 0 Å². The normalized spacial score (nSPS) is 11.6. The Morgan fingerprint density at radius 1 is 0.895 bits per heavy atom. The molecule has 100 valence electrons. The van der Waals surface area contributed by atoms with E-state index in [1.54, 1.807) is 12.1 Å². The largest absolute Gasteiger partial charge is 0.456 e. The van der Waals surface area contributed by atoms with E-state index in [1.165, 1.54) is 12.1 Å². The van der Waals surface area contributed by atoms with Crippen LogP contribution in [0.4, 0.5) is 0 Å². The Morgan fingerprint density at radius 3 is 1.53 bits per heavy atom. The zero-order chi connectivity index (χ0) is 14.2. The molecule has 0 amide bonds. The van der Waals surface area contributed by atoms with E-state index in [0.29, 0.717) is 11.5 Å². The minimum Gasteiger partial charge on any atom is -0.456 e. The number of carbonyl (C=O) groups is 2. The van der Waals surface area contributed by atoms with Crippen molar-refractivity contribution < 1.29 is 18.4 Å². The zero-order valence-electron chi connectivity index (χ0n) is 10.2. The number of hydrogen-bond acceptors (Lipinski definition) is 4. The predicted molar refractivity (Wildman–Crippen MR) is 69.9 cm³/mol. The van der Waals surface area contributed by atoms with Gasteiger partial charge in [-0.15, -0.1) is 0 Å². The lowest BCUT2D eigenvalue weighted by Crippen LogP contribution is -2.17. The maximum absolute atomic E-state index is 11.0. The number of rotatable bonds is 4. The van der Waals surface area contributed by atoms with Gasteiger partial charge < -0.3 is 8.83 Å². The predicted octanol–water partition coefficient (Wildman–Crippen LogP) is 3.96. The number of halogens is 2. The molecule has 0 saturated carbocycles. The maximum Gasteiger partial charge on any atom is 0.287 e. The van der Waals surface area contributed by atoms with Crippen LogP contribution in [-0.4, -0.2) is 10.5 Å². The molecule has 0 unspecified atom stereocenters. The molecule has 6 heteroatoms. The smallest absolute Gasteiger partial charge is 0.287 e. The van der Waals surface area contributed by atoms with Gasteiger partial charge in [0.25, 0.3) is 10.5 Å². The molecular formula is C13H10Cl2O4. The van der Waals surface area contributed by atoms with Gasteiger partial charge in [0.15, 0.2) is 11.5 Å². The van der Waals surface area contributed by atoms with E-state index in [-0.39, 0.29) is 11.5 Å². The summed E-state index contributed by atoms with van der Waals surface area (Å²) in [6.45, 7) is 3.66. The quantitative estimate of drug-likeness (QED) is 0.802. The summed E-state index contributed by atoms with van der Waals surface area (Å²) in [5.41, 5.74) is -0.658. The molecule has 2 aromatic rings. The summed E-state index contributed by atoms with van der Waals surface area (Å²) < 4.78 is 10.7. The second-order valence-electron chi connectivity index (χ2n) is 4.50. The molecule has 2 aromatic heterocycles. The average Bonchev–Trinajstić information content (AvgIpc) is 2.99. The minimum atomic E-state index is -0.668. The molecule has 4 nitrogen and oxygen atoms in total. The van der Waals surface area contributed by atoms with Gasteiger partial charge in [0.2, 0.25) is 0 Å². The first kappa shape index (κ1) is 13.9. The molecule has 0 aliphatic carbocycles. The molecular weight excluding hydrogens is 291 g/mol. The SMILES string of the molecule is CC(C)(c1ccc(C(=O)Cl)o1)c1ccc(C(=O)Cl)o1. The lowest BCUT2D eigenvalue weighted by molar-refractivity contribution is 0.105. The maximum atomic E-state index is 11.0. The van der Waals surface area contributed by atoms with Crippen LogP contribution in [0.25, 0.3) is 0 Å². The number of hydrogen-bond donors (Lipinski definition) is 0. The second kappa shape index (κ2) is 4.87. The van der Waals surface area contributed by atoms with Crippen molar-refractivity contribution in [3.8, 4) is 0 Å².